The number of hydrogen-bond acceptors (Lipinski definition) is 6. The number of carbonyl (C=O) groups excluding carboxylic acids is 1. The molecule has 0 aliphatic heterocycles. The van der Waals surface area contributed by atoms with Gasteiger partial charge in [0.15, 0.2) is 6.61 Å². The van der Waals surface area contributed by atoms with E-state index in [1.165, 1.54) is 0 Å². The summed E-state index contributed by atoms with van der Waals surface area (Å²) in [5.41, 5.74) is 7.31. The number of hydrogen-bond donors (Lipinski definition) is 2. The number of nitrogens with zero attached hydrogens (tertiary/aromatic N) is 1. The van der Waals surface area contributed by atoms with Gasteiger partial charge in [0, 0.05) is 18.0 Å². The molecule has 0 radical (unpaired) electrons. The van der Waals surface area contributed by atoms with Crippen molar-refractivity contribution < 1.29 is 24.2 Å². The van der Waals surface area contributed by atoms with E-state index in [2.05, 4.69) is 4.98 Å². The molecule has 0 amide bonds. The standard InChI is InChI=1S/C19H22N2O5/c1-19(2,3)26-18(24)17(20)13-4-5-15(25-11-16(22)23)14(10-13)12-6-8-21-9-7-12/h4-10,17H,11,20H2,1-3H3,(H,22,23). The fraction of sp³-hybridized carbons (Fsp3) is 0.316. The number of esters is 1. The summed E-state index contributed by atoms with van der Waals surface area (Å²) >= 11 is 0. The van der Waals surface area contributed by atoms with E-state index in [4.69, 9.17) is 20.3 Å². The molecule has 1 atom stereocenters. The van der Waals surface area contributed by atoms with Crippen LogP contribution in [-0.4, -0.2) is 34.2 Å². The Kier molecular flexibility index (Phi) is 5.94. The molecular weight excluding hydrogens is 336 g/mol. The molecule has 26 heavy (non-hydrogen) atoms. The summed E-state index contributed by atoms with van der Waals surface area (Å²) in [6.45, 7) is 4.82. The van der Waals surface area contributed by atoms with Gasteiger partial charge in [-0.1, -0.05) is 6.07 Å². The number of ether oxygens (including phenoxy) is 2. The predicted octanol–water partition coefficient (Wildman–Crippen LogP) is 2.55. The molecule has 1 aromatic heterocycles. The summed E-state index contributed by atoms with van der Waals surface area (Å²) in [7, 11) is 0. The first-order valence-corrected chi connectivity index (χ1v) is 8.05. The van der Waals surface area contributed by atoms with Gasteiger partial charge >= 0.3 is 11.9 Å². The zero-order valence-corrected chi connectivity index (χ0v) is 14.9. The molecule has 0 saturated carbocycles. The van der Waals surface area contributed by atoms with Crippen LogP contribution in [0.5, 0.6) is 5.75 Å². The zero-order chi connectivity index (χ0) is 19.3. The summed E-state index contributed by atoms with van der Waals surface area (Å²) in [6.07, 6.45) is 3.22. The van der Waals surface area contributed by atoms with Gasteiger partial charge in [-0.3, -0.25) is 4.98 Å². The molecule has 1 unspecified atom stereocenters. The topological polar surface area (TPSA) is 112 Å². The van der Waals surface area contributed by atoms with E-state index in [1.54, 1.807) is 63.5 Å². The Hall–Kier alpha value is -2.93. The average Bonchev–Trinajstić information content (AvgIpc) is 2.58. The second-order valence-corrected chi connectivity index (χ2v) is 6.69. The second kappa shape index (κ2) is 7.97. The van der Waals surface area contributed by atoms with Crippen LogP contribution in [0.4, 0.5) is 0 Å². The summed E-state index contributed by atoms with van der Waals surface area (Å²) in [5, 5.41) is 8.84. The highest BCUT2D eigenvalue weighted by Crippen LogP contribution is 2.32. The van der Waals surface area contributed by atoms with Gasteiger partial charge in [-0.15, -0.1) is 0 Å². The van der Waals surface area contributed by atoms with Crippen molar-refractivity contribution in [1.29, 1.82) is 0 Å². The van der Waals surface area contributed by atoms with Crippen molar-refractivity contribution in [2.24, 2.45) is 5.73 Å². The Labute approximate surface area is 151 Å². The average molecular weight is 358 g/mol. The molecule has 0 saturated heterocycles. The third-order valence-corrected chi connectivity index (χ3v) is 3.37. The van der Waals surface area contributed by atoms with E-state index in [-0.39, 0.29) is 0 Å². The smallest absolute Gasteiger partial charge is 0.341 e. The monoisotopic (exact) mass is 358 g/mol. The maximum absolute atomic E-state index is 12.2. The Morgan fingerprint density at radius 3 is 2.42 bits per heavy atom. The Morgan fingerprint density at radius 1 is 1.19 bits per heavy atom. The number of carboxylic acid groups (broad SMARTS) is 1. The zero-order valence-electron chi connectivity index (χ0n) is 14.9. The Balaban J connectivity index is 2.38. The van der Waals surface area contributed by atoms with Crippen LogP contribution in [0.3, 0.4) is 0 Å². The van der Waals surface area contributed by atoms with Crippen molar-refractivity contribution in [3.05, 3.63) is 48.3 Å². The van der Waals surface area contributed by atoms with E-state index >= 15 is 0 Å². The fourth-order valence-electron chi connectivity index (χ4n) is 2.26. The van der Waals surface area contributed by atoms with Crippen molar-refractivity contribution in [2.75, 3.05) is 6.61 Å². The Morgan fingerprint density at radius 2 is 1.85 bits per heavy atom. The maximum Gasteiger partial charge on any atom is 0.341 e. The largest absolute Gasteiger partial charge is 0.481 e. The van der Waals surface area contributed by atoms with Gasteiger partial charge in [-0.2, -0.15) is 0 Å². The van der Waals surface area contributed by atoms with Crippen LogP contribution < -0.4 is 10.5 Å². The summed E-state index contributed by atoms with van der Waals surface area (Å²) in [4.78, 5) is 27.0. The first kappa shape index (κ1) is 19.4. The molecule has 0 aliphatic carbocycles. The highest BCUT2D eigenvalue weighted by molar-refractivity contribution is 5.80. The minimum absolute atomic E-state index is 0.374. The van der Waals surface area contributed by atoms with Gasteiger partial charge in [0.2, 0.25) is 0 Å². The lowest BCUT2D eigenvalue weighted by atomic mass is 9.99. The number of carbonyl (C=O) groups is 2. The second-order valence-electron chi connectivity index (χ2n) is 6.69. The van der Waals surface area contributed by atoms with E-state index in [0.29, 0.717) is 16.9 Å². The molecule has 1 heterocycles. The number of pyridine rings is 1. The lowest BCUT2D eigenvalue weighted by Gasteiger charge is -2.23. The highest BCUT2D eigenvalue weighted by Gasteiger charge is 2.24. The first-order valence-electron chi connectivity index (χ1n) is 8.05. The third kappa shape index (κ3) is 5.29. The van der Waals surface area contributed by atoms with Crippen LogP contribution in [-0.2, 0) is 14.3 Å². The molecule has 0 spiro atoms. The first-order chi connectivity index (χ1) is 12.2. The number of rotatable bonds is 6. The summed E-state index contributed by atoms with van der Waals surface area (Å²) in [6, 6.07) is 7.45. The lowest BCUT2D eigenvalue weighted by Crippen LogP contribution is -2.31. The molecule has 7 heteroatoms. The van der Waals surface area contributed by atoms with E-state index in [1.807, 2.05) is 0 Å². The summed E-state index contributed by atoms with van der Waals surface area (Å²) in [5.74, 6) is -1.25. The molecule has 0 aliphatic rings. The van der Waals surface area contributed by atoms with Crippen LogP contribution in [0.1, 0.15) is 32.4 Å². The van der Waals surface area contributed by atoms with Crippen molar-refractivity contribution in [2.45, 2.75) is 32.4 Å². The van der Waals surface area contributed by atoms with Crippen molar-refractivity contribution in [3.8, 4) is 16.9 Å². The molecule has 0 bridgehead atoms. The Bertz CT molecular complexity index is 784. The van der Waals surface area contributed by atoms with Gasteiger partial charge in [0.05, 0.1) is 0 Å². The molecule has 3 N–H and O–H groups in total. The number of aliphatic carboxylic acids is 1. The van der Waals surface area contributed by atoms with Gasteiger partial charge in [-0.05, 0) is 56.2 Å². The van der Waals surface area contributed by atoms with Crippen molar-refractivity contribution >= 4 is 11.9 Å². The number of aromatic nitrogens is 1. The number of nitrogens with two attached hydrogens (primary N) is 1. The van der Waals surface area contributed by atoms with Crippen molar-refractivity contribution in [1.82, 2.24) is 4.98 Å². The molecule has 1 aromatic carbocycles. The molecule has 138 valence electrons. The van der Waals surface area contributed by atoms with Gasteiger partial charge < -0.3 is 20.3 Å². The predicted molar refractivity (Wildman–Crippen MR) is 95.6 cm³/mol. The van der Waals surface area contributed by atoms with Crippen LogP contribution in [0.15, 0.2) is 42.7 Å². The molecule has 2 aromatic rings. The lowest BCUT2D eigenvalue weighted by molar-refractivity contribution is -0.156. The van der Waals surface area contributed by atoms with E-state index in [0.717, 1.165) is 5.56 Å². The molecule has 0 fully saturated rings. The quantitative estimate of drug-likeness (QED) is 0.763. The normalized spacial score (nSPS) is 12.3. The third-order valence-electron chi connectivity index (χ3n) is 3.37. The minimum Gasteiger partial charge on any atom is -0.481 e. The number of carboxylic acids is 1. The van der Waals surface area contributed by atoms with Crippen LogP contribution >= 0.6 is 0 Å². The van der Waals surface area contributed by atoms with Gasteiger partial charge in [0.1, 0.15) is 17.4 Å². The highest BCUT2D eigenvalue weighted by atomic mass is 16.6. The number of benzene rings is 1. The minimum atomic E-state index is -1.08. The SMILES string of the molecule is CC(C)(C)OC(=O)C(N)c1ccc(OCC(=O)O)c(-c2ccncc2)c1. The molecule has 7 nitrogen and oxygen atoms in total. The van der Waals surface area contributed by atoms with Crippen molar-refractivity contribution in [3.63, 3.8) is 0 Å². The van der Waals surface area contributed by atoms with Gasteiger partial charge in [-0.25, -0.2) is 9.59 Å². The van der Waals surface area contributed by atoms with Crippen LogP contribution in [0.2, 0.25) is 0 Å². The molecular formula is C19H22N2O5. The maximum atomic E-state index is 12.2. The fourth-order valence-corrected chi connectivity index (χ4v) is 2.26. The van der Waals surface area contributed by atoms with Crippen LogP contribution in [0.25, 0.3) is 11.1 Å². The van der Waals surface area contributed by atoms with E-state index < -0.39 is 30.2 Å². The van der Waals surface area contributed by atoms with Gasteiger partial charge in [0.25, 0.3) is 0 Å². The van der Waals surface area contributed by atoms with E-state index in [9.17, 15) is 9.59 Å². The summed E-state index contributed by atoms with van der Waals surface area (Å²) < 4.78 is 10.7. The molecule has 2 rings (SSSR count). The van der Waals surface area contributed by atoms with Crippen LogP contribution in [0, 0.1) is 0 Å².